The van der Waals surface area contributed by atoms with E-state index in [1.165, 1.54) is 6.20 Å². The van der Waals surface area contributed by atoms with Gasteiger partial charge in [0.1, 0.15) is 0 Å². The number of hydrogen-bond acceptors (Lipinski definition) is 1. The molecule has 0 rings (SSSR count). The highest BCUT2D eigenvalue weighted by molar-refractivity contribution is 5.34. The number of nitrogens with two attached hydrogens (primary N) is 1. The first kappa shape index (κ1) is 6.84. The Bertz CT molecular complexity index is 146. The summed E-state index contributed by atoms with van der Waals surface area (Å²) in [6.07, 6.45) is 10.0. The minimum absolute atomic E-state index is 0.715. The van der Waals surface area contributed by atoms with Crippen molar-refractivity contribution in [2.24, 2.45) is 5.73 Å². The summed E-state index contributed by atoms with van der Waals surface area (Å²) >= 11 is 0. The molecule has 0 aromatic heterocycles. The minimum Gasteiger partial charge on any atom is -0.404 e. The van der Waals surface area contributed by atoms with Crippen LogP contribution in [0, 0.1) is 12.3 Å². The smallest absolute Gasteiger partial charge is 0.0393 e. The molecule has 42 valence electrons. The topological polar surface area (TPSA) is 26.0 Å². The van der Waals surface area contributed by atoms with Gasteiger partial charge in [-0.05, 0) is 13.0 Å². The lowest BCUT2D eigenvalue weighted by Gasteiger charge is -1.81. The van der Waals surface area contributed by atoms with Gasteiger partial charge in [-0.2, -0.15) is 0 Å². The quantitative estimate of drug-likeness (QED) is 0.393. The van der Waals surface area contributed by atoms with Crippen molar-refractivity contribution in [3.63, 3.8) is 0 Å². The maximum absolute atomic E-state index is 5.11. The zero-order valence-electron chi connectivity index (χ0n) is 4.89. The van der Waals surface area contributed by atoms with Crippen molar-refractivity contribution >= 4 is 0 Å². The fourth-order valence-corrected chi connectivity index (χ4v) is 0.331. The SMILES string of the molecule is C#CC(/C=C\C)=C/N. The second kappa shape index (κ2) is 4.01. The van der Waals surface area contributed by atoms with Crippen LogP contribution >= 0.6 is 0 Å². The third-order valence-corrected chi connectivity index (χ3v) is 0.692. The molecule has 8 heavy (non-hydrogen) atoms. The van der Waals surface area contributed by atoms with E-state index in [-0.39, 0.29) is 0 Å². The van der Waals surface area contributed by atoms with Gasteiger partial charge in [-0.1, -0.05) is 12.0 Å². The van der Waals surface area contributed by atoms with Gasteiger partial charge in [-0.15, -0.1) is 6.42 Å². The van der Waals surface area contributed by atoms with E-state index in [2.05, 4.69) is 5.92 Å². The number of hydrogen-bond donors (Lipinski definition) is 1. The lowest BCUT2D eigenvalue weighted by Crippen LogP contribution is -1.80. The summed E-state index contributed by atoms with van der Waals surface area (Å²) < 4.78 is 0. The van der Waals surface area contributed by atoms with Crippen LogP contribution in [0.1, 0.15) is 6.92 Å². The van der Waals surface area contributed by atoms with Crippen LogP contribution in [0.15, 0.2) is 23.9 Å². The second-order valence-electron chi connectivity index (χ2n) is 1.27. The van der Waals surface area contributed by atoms with Crippen molar-refractivity contribution in [1.82, 2.24) is 0 Å². The molecule has 0 fully saturated rings. The van der Waals surface area contributed by atoms with Crippen molar-refractivity contribution in [2.75, 3.05) is 0 Å². The van der Waals surface area contributed by atoms with Gasteiger partial charge >= 0.3 is 0 Å². The van der Waals surface area contributed by atoms with Crippen LogP contribution < -0.4 is 5.73 Å². The molecule has 1 nitrogen and oxygen atoms in total. The van der Waals surface area contributed by atoms with Crippen LogP contribution in [0.3, 0.4) is 0 Å². The Hall–Kier alpha value is -1.16. The summed E-state index contributed by atoms with van der Waals surface area (Å²) in [7, 11) is 0. The Morgan fingerprint density at radius 1 is 1.75 bits per heavy atom. The summed E-state index contributed by atoms with van der Waals surface area (Å²) in [5.74, 6) is 2.40. The van der Waals surface area contributed by atoms with Crippen LogP contribution in [0.2, 0.25) is 0 Å². The molecule has 0 spiro atoms. The van der Waals surface area contributed by atoms with E-state index in [0.717, 1.165) is 0 Å². The van der Waals surface area contributed by atoms with Gasteiger partial charge in [0.2, 0.25) is 0 Å². The average Bonchev–Trinajstić information content (AvgIpc) is 1.83. The highest BCUT2D eigenvalue weighted by Crippen LogP contribution is 1.88. The van der Waals surface area contributed by atoms with Gasteiger partial charge in [0.15, 0.2) is 0 Å². The van der Waals surface area contributed by atoms with Gasteiger partial charge < -0.3 is 5.73 Å². The Morgan fingerprint density at radius 2 is 2.38 bits per heavy atom. The minimum atomic E-state index is 0.715. The van der Waals surface area contributed by atoms with Crippen molar-refractivity contribution < 1.29 is 0 Å². The van der Waals surface area contributed by atoms with E-state index in [0.29, 0.717) is 5.57 Å². The molecule has 0 saturated heterocycles. The van der Waals surface area contributed by atoms with Crippen molar-refractivity contribution in [3.8, 4) is 12.3 Å². The van der Waals surface area contributed by atoms with Crippen LogP contribution in [0.4, 0.5) is 0 Å². The molecule has 0 unspecified atom stereocenters. The predicted molar refractivity (Wildman–Crippen MR) is 35.9 cm³/mol. The maximum Gasteiger partial charge on any atom is 0.0393 e. The zero-order chi connectivity index (χ0) is 6.41. The Morgan fingerprint density at radius 3 is 2.50 bits per heavy atom. The third kappa shape index (κ3) is 2.09. The summed E-state index contributed by atoms with van der Waals surface area (Å²) in [5, 5.41) is 0. The van der Waals surface area contributed by atoms with E-state index in [9.17, 15) is 0 Å². The van der Waals surface area contributed by atoms with E-state index >= 15 is 0 Å². The van der Waals surface area contributed by atoms with Gasteiger partial charge in [0.25, 0.3) is 0 Å². The summed E-state index contributed by atoms with van der Waals surface area (Å²) in [5.41, 5.74) is 5.83. The molecule has 0 heterocycles. The molecule has 0 amide bonds. The average molecular weight is 107 g/mol. The van der Waals surface area contributed by atoms with Gasteiger partial charge in [-0.25, -0.2) is 0 Å². The molecule has 1 heteroatoms. The normalized spacial score (nSPS) is 11.8. The molecular formula is C7H9N. The van der Waals surface area contributed by atoms with Crippen molar-refractivity contribution in [2.45, 2.75) is 6.92 Å². The molecule has 0 aromatic rings. The molecule has 0 aliphatic rings. The van der Waals surface area contributed by atoms with E-state index in [1.54, 1.807) is 6.08 Å². The maximum atomic E-state index is 5.11. The number of rotatable bonds is 1. The molecule has 0 saturated carbocycles. The summed E-state index contributed by atoms with van der Waals surface area (Å²) in [6, 6.07) is 0. The fraction of sp³-hybridized carbons (Fsp3) is 0.143. The molecule has 0 atom stereocenters. The molecule has 0 aliphatic heterocycles. The van der Waals surface area contributed by atoms with E-state index in [1.807, 2.05) is 13.0 Å². The van der Waals surface area contributed by atoms with Crippen LogP contribution in [0.25, 0.3) is 0 Å². The van der Waals surface area contributed by atoms with Crippen LogP contribution in [-0.2, 0) is 0 Å². The Balaban J connectivity index is 3.98. The lowest BCUT2D eigenvalue weighted by atomic mass is 10.3. The van der Waals surface area contributed by atoms with E-state index < -0.39 is 0 Å². The lowest BCUT2D eigenvalue weighted by molar-refractivity contribution is 1.54. The summed E-state index contributed by atoms with van der Waals surface area (Å²) in [6.45, 7) is 1.89. The van der Waals surface area contributed by atoms with Gasteiger partial charge in [0.05, 0.1) is 0 Å². The fourth-order valence-electron chi connectivity index (χ4n) is 0.331. The third-order valence-electron chi connectivity index (χ3n) is 0.692. The first-order valence-electron chi connectivity index (χ1n) is 2.36. The largest absolute Gasteiger partial charge is 0.404 e. The Kier molecular flexibility index (Phi) is 3.43. The monoisotopic (exact) mass is 107 g/mol. The summed E-state index contributed by atoms with van der Waals surface area (Å²) in [4.78, 5) is 0. The predicted octanol–water partition coefficient (Wildman–Crippen LogP) is 1.04. The Labute approximate surface area is 49.9 Å². The van der Waals surface area contributed by atoms with Crippen LogP contribution in [0.5, 0.6) is 0 Å². The van der Waals surface area contributed by atoms with Crippen molar-refractivity contribution in [3.05, 3.63) is 23.9 Å². The zero-order valence-corrected chi connectivity index (χ0v) is 4.89. The molecule has 2 N–H and O–H groups in total. The molecule has 0 aromatic carbocycles. The highest BCUT2D eigenvalue weighted by Gasteiger charge is 1.75. The van der Waals surface area contributed by atoms with Crippen molar-refractivity contribution in [1.29, 1.82) is 0 Å². The van der Waals surface area contributed by atoms with Gasteiger partial charge in [-0.3, -0.25) is 0 Å². The van der Waals surface area contributed by atoms with Crippen LogP contribution in [-0.4, -0.2) is 0 Å². The first-order chi connectivity index (χ1) is 3.85. The molecule has 0 aliphatic carbocycles. The second-order valence-corrected chi connectivity index (χ2v) is 1.27. The first-order valence-corrected chi connectivity index (χ1v) is 2.36. The number of terminal acetylenes is 1. The molecule has 0 bridgehead atoms. The molecular weight excluding hydrogens is 98.1 g/mol. The van der Waals surface area contributed by atoms with Gasteiger partial charge in [0, 0.05) is 11.8 Å². The molecule has 0 radical (unpaired) electrons. The number of allylic oxidation sites excluding steroid dienone is 3. The van der Waals surface area contributed by atoms with E-state index in [4.69, 9.17) is 12.2 Å². The highest BCUT2D eigenvalue weighted by atomic mass is 14.5. The standard InChI is InChI=1S/C7H9N/c1-3-5-7(4-2)6-8/h2-3,5-6H,8H2,1H3/b5-3-,7-6-.